The van der Waals surface area contributed by atoms with E-state index in [9.17, 15) is 4.39 Å². The van der Waals surface area contributed by atoms with Gasteiger partial charge in [0, 0.05) is 12.2 Å². The number of fused-ring (bicyclic) bond motifs is 1. The molecule has 0 spiro atoms. The molecule has 1 heterocycles. The first-order valence-electron chi connectivity index (χ1n) is 6.79. The van der Waals surface area contributed by atoms with Crippen LogP contribution in [0.15, 0.2) is 30.6 Å². The molecule has 3 rings (SSSR count). The molecule has 1 aliphatic carbocycles. The fourth-order valence-electron chi connectivity index (χ4n) is 2.88. The molecule has 1 aromatic carbocycles. The van der Waals surface area contributed by atoms with Crippen molar-refractivity contribution in [3.05, 3.63) is 53.4 Å². The molecule has 19 heavy (non-hydrogen) atoms. The zero-order chi connectivity index (χ0) is 13.2. The van der Waals surface area contributed by atoms with Crippen molar-refractivity contribution in [2.75, 3.05) is 6.54 Å². The van der Waals surface area contributed by atoms with E-state index < -0.39 is 0 Å². The summed E-state index contributed by atoms with van der Waals surface area (Å²) in [7, 11) is 0. The summed E-state index contributed by atoms with van der Waals surface area (Å²) in [6.45, 7) is 0.451. The Kier molecular flexibility index (Phi) is 3.34. The van der Waals surface area contributed by atoms with E-state index in [4.69, 9.17) is 5.73 Å². The Hall–Kier alpha value is -1.68. The minimum atomic E-state index is -0.218. The Bertz CT molecular complexity index is 577. The molecule has 100 valence electrons. The predicted molar refractivity (Wildman–Crippen MR) is 72.5 cm³/mol. The first kappa shape index (κ1) is 12.4. The van der Waals surface area contributed by atoms with Crippen LogP contribution in [0.3, 0.4) is 0 Å². The third-order valence-corrected chi connectivity index (χ3v) is 3.85. The van der Waals surface area contributed by atoms with Crippen molar-refractivity contribution in [1.82, 2.24) is 9.55 Å². The van der Waals surface area contributed by atoms with E-state index in [1.54, 1.807) is 12.1 Å². The number of imidazole rings is 1. The zero-order valence-corrected chi connectivity index (χ0v) is 10.8. The second-order valence-corrected chi connectivity index (χ2v) is 5.06. The lowest BCUT2D eigenvalue weighted by molar-refractivity contribution is 0.541. The minimum absolute atomic E-state index is 0.0231. The fourth-order valence-corrected chi connectivity index (χ4v) is 2.88. The van der Waals surface area contributed by atoms with Gasteiger partial charge >= 0.3 is 0 Å². The van der Waals surface area contributed by atoms with Gasteiger partial charge in [-0.1, -0.05) is 12.1 Å². The Labute approximate surface area is 112 Å². The van der Waals surface area contributed by atoms with E-state index in [0.717, 1.165) is 18.4 Å². The Morgan fingerprint density at radius 1 is 1.32 bits per heavy atom. The van der Waals surface area contributed by atoms with Gasteiger partial charge in [-0.05, 0) is 43.4 Å². The van der Waals surface area contributed by atoms with Crippen molar-refractivity contribution in [1.29, 1.82) is 0 Å². The van der Waals surface area contributed by atoms with Crippen LogP contribution in [0.2, 0.25) is 0 Å². The molecular weight excluding hydrogens is 241 g/mol. The topological polar surface area (TPSA) is 43.8 Å². The van der Waals surface area contributed by atoms with Crippen LogP contribution in [0, 0.1) is 5.82 Å². The van der Waals surface area contributed by atoms with Crippen molar-refractivity contribution >= 4 is 0 Å². The predicted octanol–water partition coefficient (Wildman–Crippen LogP) is 2.45. The lowest BCUT2D eigenvalue weighted by atomic mass is 9.99. The first-order chi connectivity index (χ1) is 9.29. The number of nitrogens with two attached hydrogens (primary N) is 1. The molecule has 4 heteroatoms. The van der Waals surface area contributed by atoms with Gasteiger partial charge in [-0.3, -0.25) is 0 Å². The second kappa shape index (κ2) is 5.13. The number of aryl methyl sites for hydroxylation is 1. The number of rotatable bonds is 3. The molecule has 0 amide bonds. The van der Waals surface area contributed by atoms with E-state index in [-0.39, 0.29) is 11.9 Å². The van der Waals surface area contributed by atoms with Crippen molar-refractivity contribution in [2.45, 2.75) is 31.7 Å². The van der Waals surface area contributed by atoms with Gasteiger partial charge in [0.15, 0.2) is 0 Å². The normalized spacial score (nSPS) is 16.1. The minimum Gasteiger partial charge on any atom is -0.328 e. The maximum Gasteiger partial charge on any atom is 0.123 e. The van der Waals surface area contributed by atoms with Crippen LogP contribution in [0.1, 0.15) is 35.8 Å². The van der Waals surface area contributed by atoms with Crippen molar-refractivity contribution < 1.29 is 4.39 Å². The van der Waals surface area contributed by atoms with Gasteiger partial charge in [0.2, 0.25) is 0 Å². The molecule has 2 aromatic rings. The molecule has 0 saturated heterocycles. The fraction of sp³-hybridized carbons (Fsp3) is 0.400. The van der Waals surface area contributed by atoms with E-state index in [2.05, 4.69) is 9.55 Å². The third-order valence-electron chi connectivity index (χ3n) is 3.85. The van der Waals surface area contributed by atoms with Crippen LogP contribution in [0.5, 0.6) is 0 Å². The molecule has 1 atom stereocenters. The van der Waals surface area contributed by atoms with Crippen LogP contribution < -0.4 is 5.73 Å². The molecule has 1 aliphatic rings. The smallest absolute Gasteiger partial charge is 0.123 e. The van der Waals surface area contributed by atoms with Crippen molar-refractivity contribution in [2.24, 2.45) is 5.73 Å². The summed E-state index contributed by atoms with van der Waals surface area (Å²) >= 11 is 0. The molecule has 0 fully saturated rings. The van der Waals surface area contributed by atoms with Crippen LogP contribution in [-0.4, -0.2) is 16.1 Å². The molecule has 0 aliphatic heterocycles. The average Bonchev–Trinajstić information content (AvgIpc) is 2.84. The second-order valence-electron chi connectivity index (χ2n) is 5.06. The average molecular weight is 259 g/mol. The molecule has 0 bridgehead atoms. The van der Waals surface area contributed by atoms with E-state index in [0.29, 0.717) is 6.54 Å². The number of aromatic nitrogens is 2. The number of hydrogen-bond donors (Lipinski definition) is 1. The molecule has 3 nitrogen and oxygen atoms in total. The number of hydrogen-bond acceptors (Lipinski definition) is 2. The van der Waals surface area contributed by atoms with Crippen LogP contribution >= 0.6 is 0 Å². The van der Waals surface area contributed by atoms with Gasteiger partial charge in [0.1, 0.15) is 5.82 Å². The van der Waals surface area contributed by atoms with Crippen molar-refractivity contribution in [3.8, 4) is 0 Å². The number of halogens is 1. The van der Waals surface area contributed by atoms with E-state index >= 15 is 0 Å². The standard InChI is InChI=1S/C15H18FN3/c16-12-5-3-4-11(8-12)15(9-17)19-10-18-13-6-1-2-7-14(13)19/h3-5,8,10,15H,1-2,6-7,9,17H2. The highest BCUT2D eigenvalue weighted by Crippen LogP contribution is 2.26. The summed E-state index contributed by atoms with van der Waals surface area (Å²) in [5.41, 5.74) is 9.27. The maximum absolute atomic E-state index is 13.4. The summed E-state index contributed by atoms with van der Waals surface area (Å²) in [6.07, 6.45) is 6.35. The van der Waals surface area contributed by atoms with Gasteiger partial charge in [0.05, 0.1) is 18.1 Å². The molecule has 0 saturated carbocycles. The Morgan fingerprint density at radius 2 is 2.16 bits per heavy atom. The van der Waals surface area contributed by atoms with Gasteiger partial charge in [-0.2, -0.15) is 0 Å². The zero-order valence-electron chi connectivity index (χ0n) is 10.8. The lowest BCUT2D eigenvalue weighted by Gasteiger charge is -2.22. The highest BCUT2D eigenvalue weighted by Gasteiger charge is 2.21. The van der Waals surface area contributed by atoms with Gasteiger partial charge in [-0.25, -0.2) is 9.37 Å². The first-order valence-corrected chi connectivity index (χ1v) is 6.79. The quantitative estimate of drug-likeness (QED) is 0.920. The molecule has 0 radical (unpaired) electrons. The summed E-state index contributed by atoms with van der Waals surface area (Å²) in [4.78, 5) is 4.49. The molecule has 1 unspecified atom stereocenters. The monoisotopic (exact) mass is 259 g/mol. The van der Waals surface area contributed by atoms with Crippen LogP contribution in [0.25, 0.3) is 0 Å². The van der Waals surface area contributed by atoms with E-state index in [1.807, 2.05) is 12.4 Å². The summed E-state index contributed by atoms with van der Waals surface area (Å²) in [5, 5.41) is 0. The largest absolute Gasteiger partial charge is 0.328 e. The summed E-state index contributed by atoms with van der Waals surface area (Å²) < 4.78 is 15.5. The highest BCUT2D eigenvalue weighted by molar-refractivity contribution is 5.25. The van der Waals surface area contributed by atoms with Crippen LogP contribution in [0.4, 0.5) is 4.39 Å². The van der Waals surface area contributed by atoms with Gasteiger partial charge in [-0.15, -0.1) is 0 Å². The third kappa shape index (κ3) is 2.28. The SMILES string of the molecule is NCC(c1cccc(F)c1)n1cnc2c1CCCC2. The molecule has 2 N–H and O–H groups in total. The lowest BCUT2D eigenvalue weighted by Crippen LogP contribution is -2.22. The van der Waals surface area contributed by atoms with Gasteiger partial charge < -0.3 is 10.3 Å². The highest BCUT2D eigenvalue weighted by atomic mass is 19.1. The van der Waals surface area contributed by atoms with Crippen molar-refractivity contribution in [3.63, 3.8) is 0 Å². The Balaban J connectivity index is 2.01. The number of benzene rings is 1. The summed E-state index contributed by atoms with van der Waals surface area (Å²) in [6, 6.07) is 6.66. The maximum atomic E-state index is 13.4. The number of nitrogens with zero attached hydrogens (tertiary/aromatic N) is 2. The molecule has 1 aromatic heterocycles. The summed E-state index contributed by atoms with van der Waals surface area (Å²) in [5.74, 6) is -0.218. The van der Waals surface area contributed by atoms with Crippen LogP contribution in [-0.2, 0) is 12.8 Å². The van der Waals surface area contributed by atoms with E-state index in [1.165, 1.54) is 30.3 Å². The molecular formula is C15H18FN3. The van der Waals surface area contributed by atoms with Gasteiger partial charge in [0.25, 0.3) is 0 Å². The Morgan fingerprint density at radius 3 is 2.95 bits per heavy atom.